The summed E-state index contributed by atoms with van der Waals surface area (Å²) in [5.74, 6) is 0.0284. The summed E-state index contributed by atoms with van der Waals surface area (Å²) in [5.41, 5.74) is 5.82. The molecule has 174 valence electrons. The van der Waals surface area contributed by atoms with E-state index in [1.807, 2.05) is 12.1 Å². The second-order valence-electron chi connectivity index (χ2n) is 9.14. The maximum Gasteiger partial charge on any atom is 0.242 e. The van der Waals surface area contributed by atoms with Crippen molar-refractivity contribution in [3.05, 3.63) is 60.7 Å². The van der Waals surface area contributed by atoms with Crippen molar-refractivity contribution in [2.24, 2.45) is 11.7 Å². The van der Waals surface area contributed by atoms with Crippen LogP contribution in [-0.4, -0.2) is 49.1 Å². The molecule has 3 N–H and O–H groups in total. The lowest BCUT2D eigenvalue weighted by atomic mass is 10.1. The Kier molecular flexibility index (Phi) is 9.07. The van der Waals surface area contributed by atoms with E-state index >= 15 is 0 Å². The number of hydrogen-bond donors (Lipinski definition) is 2. The summed E-state index contributed by atoms with van der Waals surface area (Å²) in [6, 6.07) is 20.0. The first-order valence-electron chi connectivity index (χ1n) is 11.2. The topological polar surface area (TPSA) is 75.4 Å². The summed E-state index contributed by atoms with van der Waals surface area (Å²) in [4.78, 5) is 27.7. The summed E-state index contributed by atoms with van der Waals surface area (Å²) in [5, 5.41) is 5.98. The van der Waals surface area contributed by atoms with E-state index in [1.165, 1.54) is 10.4 Å². The van der Waals surface area contributed by atoms with E-state index in [9.17, 15) is 9.59 Å². The molecule has 1 saturated heterocycles. The molecular formula is C25H36ClN3O2Si. The number of carbonyl (C=O) groups is 2. The minimum absolute atomic E-state index is 0. The predicted molar refractivity (Wildman–Crippen MR) is 136 cm³/mol. The summed E-state index contributed by atoms with van der Waals surface area (Å²) < 4.78 is 0. The van der Waals surface area contributed by atoms with E-state index in [2.05, 4.69) is 74.2 Å². The van der Waals surface area contributed by atoms with Gasteiger partial charge in [-0.3, -0.25) is 9.59 Å². The molecule has 1 fully saturated rings. The zero-order valence-electron chi connectivity index (χ0n) is 19.5. The van der Waals surface area contributed by atoms with Gasteiger partial charge in [-0.15, -0.1) is 12.4 Å². The first kappa shape index (κ1) is 26.1. The van der Waals surface area contributed by atoms with Crippen molar-refractivity contribution in [2.75, 3.05) is 6.54 Å². The van der Waals surface area contributed by atoms with Crippen molar-refractivity contribution in [3.63, 3.8) is 0 Å². The van der Waals surface area contributed by atoms with Crippen molar-refractivity contribution in [3.8, 4) is 0 Å². The molecule has 0 saturated carbocycles. The number of amides is 2. The molecule has 0 bridgehead atoms. The van der Waals surface area contributed by atoms with Gasteiger partial charge in [0, 0.05) is 12.2 Å². The Morgan fingerprint density at radius 2 is 1.50 bits per heavy atom. The third-order valence-corrected chi connectivity index (χ3v) is 11.7. The average Bonchev–Trinajstić information content (AvgIpc) is 3.27. The average molecular weight is 474 g/mol. The summed E-state index contributed by atoms with van der Waals surface area (Å²) in [6.07, 6.45) is 1.51. The monoisotopic (exact) mass is 473 g/mol. The van der Waals surface area contributed by atoms with Crippen LogP contribution in [-0.2, 0) is 9.59 Å². The molecular weight excluding hydrogens is 438 g/mol. The molecule has 0 aromatic heterocycles. The van der Waals surface area contributed by atoms with E-state index in [4.69, 9.17) is 5.73 Å². The standard InChI is InChI=1S/C25H35N3O2Si.ClH/c1-18(2)24(27-23(29)22-16-11-17-28(22)25(30)19(3)26)31(4,20-12-7-5-8-13-20)21-14-9-6-10-15-21;/h5-10,12-15,18-19,22,24H,11,16-17,26H2,1-4H3,(H,27,29);1H/t19-,22-,24+;/m0./s1. The number of nitrogens with two attached hydrogens (primary N) is 1. The molecule has 2 aromatic carbocycles. The number of hydrogen-bond acceptors (Lipinski definition) is 3. The number of carbonyl (C=O) groups excluding carboxylic acids is 2. The lowest BCUT2D eigenvalue weighted by molar-refractivity contribution is -0.139. The molecule has 1 aliphatic heterocycles. The lowest BCUT2D eigenvalue weighted by Gasteiger charge is -2.41. The van der Waals surface area contributed by atoms with Crippen molar-refractivity contribution in [1.82, 2.24) is 10.2 Å². The van der Waals surface area contributed by atoms with Crippen LogP contribution in [0.4, 0.5) is 0 Å². The third-order valence-electron chi connectivity index (χ3n) is 6.56. The Labute approximate surface area is 199 Å². The molecule has 3 atom stereocenters. The molecule has 0 radical (unpaired) electrons. The Morgan fingerprint density at radius 3 is 1.94 bits per heavy atom. The quantitative estimate of drug-likeness (QED) is 0.606. The lowest BCUT2D eigenvalue weighted by Crippen LogP contribution is -2.71. The van der Waals surface area contributed by atoms with E-state index in [1.54, 1.807) is 11.8 Å². The molecule has 0 spiro atoms. The SMILES string of the molecule is CC(C)[C@H](NC(=O)[C@@H]1CCCN1C(=O)[C@H](C)N)[Si](C)(c1ccccc1)c1ccccc1.Cl. The molecule has 0 aliphatic carbocycles. The molecule has 2 aromatic rings. The highest BCUT2D eigenvalue weighted by Gasteiger charge is 2.44. The number of halogens is 1. The fraction of sp³-hybridized carbons (Fsp3) is 0.440. The van der Waals surface area contributed by atoms with E-state index in [0.717, 1.165) is 6.42 Å². The van der Waals surface area contributed by atoms with Gasteiger partial charge >= 0.3 is 0 Å². The number of rotatable bonds is 7. The molecule has 7 heteroatoms. The predicted octanol–water partition coefficient (Wildman–Crippen LogP) is 2.32. The highest BCUT2D eigenvalue weighted by Crippen LogP contribution is 2.22. The Bertz CT molecular complexity index is 853. The number of benzene rings is 2. The van der Waals surface area contributed by atoms with Crippen LogP contribution in [0.1, 0.15) is 33.6 Å². The summed E-state index contributed by atoms with van der Waals surface area (Å²) in [6.45, 7) is 8.95. The van der Waals surface area contributed by atoms with Crippen LogP contribution < -0.4 is 21.4 Å². The highest BCUT2D eigenvalue weighted by molar-refractivity contribution is 7.02. The van der Waals surface area contributed by atoms with Gasteiger partial charge in [0.1, 0.15) is 14.1 Å². The van der Waals surface area contributed by atoms with Crippen LogP contribution in [0.3, 0.4) is 0 Å². The van der Waals surface area contributed by atoms with Gasteiger partial charge < -0.3 is 16.0 Å². The molecule has 0 unspecified atom stereocenters. The summed E-state index contributed by atoms with van der Waals surface area (Å²) in [7, 11) is -2.34. The van der Waals surface area contributed by atoms with Crippen LogP contribution in [0, 0.1) is 5.92 Å². The number of nitrogens with one attached hydrogen (secondary N) is 1. The molecule has 32 heavy (non-hydrogen) atoms. The van der Waals surface area contributed by atoms with Crippen LogP contribution in [0.25, 0.3) is 0 Å². The van der Waals surface area contributed by atoms with Gasteiger partial charge in [-0.2, -0.15) is 0 Å². The zero-order valence-corrected chi connectivity index (χ0v) is 21.3. The number of likely N-dealkylation sites (tertiary alicyclic amines) is 1. The van der Waals surface area contributed by atoms with Crippen molar-refractivity contribution in [2.45, 2.75) is 57.9 Å². The van der Waals surface area contributed by atoms with Crippen LogP contribution in [0.5, 0.6) is 0 Å². The fourth-order valence-electron chi connectivity index (χ4n) is 4.89. The Hall–Kier alpha value is -2.15. The van der Waals surface area contributed by atoms with Gasteiger partial charge in [-0.25, -0.2) is 0 Å². The second-order valence-corrected chi connectivity index (χ2v) is 13.3. The maximum absolute atomic E-state index is 13.5. The maximum atomic E-state index is 13.5. The number of nitrogens with zero attached hydrogens (tertiary/aromatic N) is 1. The van der Waals surface area contributed by atoms with Gasteiger partial charge in [0.2, 0.25) is 11.8 Å². The fourth-order valence-corrected chi connectivity index (χ4v) is 9.47. The highest BCUT2D eigenvalue weighted by atomic mass is 35.5. The first-order chi connectivity index (χ1) is 14.8. The summed E-state index contributed by atoms with van der Waals surface area (Å²) >= 11 is 0. The molecule has 2 amide bonds. The minimum atomic E-state index is -2.34. The van der Waals surface area contributed by atoms with Crippen LogP contribution in [0.2, 0.25) is 6.55 Å². The molecule has 5 nitrogen and oxygen atoms in total. The Balaban J connectivity index is 0.00000363. The van der Waals surface area contributed by atoms with Gasteiger partial charge in [0.15, 0.2) is 0 Å². The Morgan fingerprint density at radius 1 is 1.00 bits per heavy atom. The van der Waals surface area contributed by atoms with Gasteiger partial charge in [-0.1, -0.05) is 91.4 Å². The van der Waals surface area contributed by atoms with E-state index < -0.39 is 20.2 Å². The van der Waals surface area contributed by atoms with Crippen LogP contribution >= 0.6 is 12.4 Å². The van der Waals surface area contributed by atoms with E-state index in [-0.39, 0.29) is 35.8 Å². The largest absolute Gasteiger partial charge is 0.353 e. The molecule has 1 heterocycles. The molecule has 1 aliphatic rings. The normalized spacial score (nSPS) is 18.1. The van der Waals surface area contributed by atoms with E-state index in [0.29, 0.717) is 13.0 Å². The smallest absolute Gasteiger partial charge is 0.242 e. The zero-order chi connectivity index (χ0) is 22.6. The second kappa shape index (κ2) is 11.1. The van der Waals surface area contributed by atoms with Gasteiger partial charge in [-0.05, 0) is 25.7 Å². The van der Waals surface area contributed by atoms with Crippen molar-refractivity contribution in [1.29, 1.82) is 0 Å². The van der Waals surface area contributed by atoms with Gasteiger partial charge in [0.25, 0.3) is 0 Å². The molecule has 3 rings (SSSR count). The van der Waals surface area contributed by atoms with Gasteiger partial charge in [0.05, 0.1) is 6.04 Å². The third kappa shape index (κ3) is 5.25. The van der Waals surface area contributed by atoms with Crippen molar-refractivity contribution >= 4 is 42.7 Å². The van der Waals surface area contributed by atoms with Crippen molar-refractivity contribution < 1.29 is 9.59 Å². The van der Waals surface area contributed by atoms with Crippen LogP contribution in [0.15, 0.2) is 60.7 Å². The first-order valence-corrected chi connectivity index (χ1v) is 13.8. The minimum Gasteiger partial charge on any atom is -0.353 e.